The summed E-state index contributed by atoms with van der Waals surface area (Å²) >= 11 is 0. The normalized spacial score (nSPS) is 10.9. The molecular formula is C18H17F3N2O5. The summed E-state index contributed by atoms with van der Waals surface area (Å²) in [6, 6.07) is 6.66. The Morgan fingerprint density at radius 1 is 1.04 bits per heavy atom. The summed E-state index contributed by atoms with van der Waals surface area (Å²) in [6.07, 6.45) is -4.47. The van der Waals surface area contributed by atoms with Gasteiger partial charge in [0, 0.05) is 11.3 Å². The number of nitrogens with two attached hydrogens (primary N) is 1. The highest BCUT2D eigenvalue weighted by Crippen LogP contribution is 2.38. The van der Waals surface area contributed by atoms with Crippen LogP contribution in [0.25, 0.3) is 0 Å². The van der Waals surface area contributed by atoms with Crippen LogP contribution >= 0.6 is 0 Å². The van der Waals surface area contributed by atoms with Gasteiger partial charge in [0.05, 0.1) is 19.8 Å². The SMILES string of the molecule is COc1cc(C(=O)Nc2ccc(C(F)(F)F)cc2)cc(OC)c1OCC(N)=O. The van der Waals surface area contributed by atoms with Crippen molar-refractivity contribution in [3.8, 4) is 17.2 Å². The van der Waals surface area contributed by atoms with E-state index in [4.69, 9.17) is 19.9 Å². The number of amides is 2. The first-order chi connectivity index (χ1) is 13.2. The number of anilines is 1. The quantitative estimate of drug-likeness (QED) is 0.747. The molecule has 7 nitrogen and oxygen atoms in total. The maximum atomic E-state index is 12.6. The highest BCUT2D eigenvalue weighted by molar-refractivity contribution is 6.05. The van der Waals surface area contributed by atoms with Gasteiger partial charge in [-0.3, -0.25) is 9.59 Å². The number of methoxy groups -OCH3 is 2. The van der Waals surface area contributed by atoms with E-state index in [1.54, 1.807) is 0 Å². The number of benzene rings is 2. The molecule has 0 bridgehead atoms. The van der Waals surface area contributed by atoms with E-state index < -0.39 is 30.2 Å². The molecule has 2 rings (SSSR count). The van der Waals surface area contributed by atoms with E-state index in [0.717, 1.165) is 24.3 Å². The van der Waals surface area contributed by atoms with Crippen LogP contribution in [0.15, 0.2) is 36.4 Å². The summed E-state index contributed by atoms with van der Waals surface area (Å²) in [5.41, 5.74) is 4.48. The molecule has 0 aliphatic carbocycles. The molecule has 0 saturated heterocycles. The van der Waals surface area contributed by atoms with Gasteiger partial charge in [0.15, 0.2) is 18.1 Å². The lowest BCUT2D eigenvalue weighted by atomic mass is 10.1. The molecule has 28 heavy (non-hydrogen) atoms. The number of nitrogens with one attached hydrogen (secondary N) is 1. The minimum Gasteiger partial charge on any atom is -0.493 e. The molecule has 0 radical (unpaired) electrons. The standard InChI is InChI=1S/C18H17F3N2O5/c1-26-13-7-10(8-14(27-2)16(13)28-9-15(22)24)17(25)23-12-5-3-11(4-6-12)18(19,20)21/h3-8H,9H2,1-2H3,(H2,22,24)(H,23,25). The highest BCUT2D eigenvalue weighted by atomic mass is 19.4. The number of carbonyl (C=O) groups excluding carboxylic acids is 2. The van der Waals surface area contributed by atoms with E-state index in [-0.39, 0.29) is 28.5 Å². The maximum Gasteiger partial charge on any atom is 0.416 e. The van der Waals surface area contributed by atoms with Gasteiger partial charge in [-0.25, -0.2) is 0 Å². The Hall–Kier alpha value is -3.43. The number of hydrogen-bond donors (Lipinski definition) is 2. The average molecular weight is 398 g/mol. The number of halogens is 3. The van der Waals surface area contributed by atoms with Crippen molar-refractivity contribution in [1.82, 2.24) is 0 Å². The zero-order valence-corrected chi connectivity index (χ0v) is 14.9. The smallest absolute Gasteiger partial charge is 0.416 e. The van der Waals surface area contributed by atoms with Crippen LogP contribution in [0, 0.1) is 0 Å². The number of carbonyl (C=O) groups is 2. The molecule has 0 unspecified atom stereocenters. The van der Waals surface area contributed by atoms with Crippen molar-refractivity contribution in [1.29, 1.82) is 0 Å². The van der Waals surface area contributed by atoms with Crippen molar-refractivity contribution in [2.45, 2.75) is 6.18 Å². The van der Waals surface area contributed by atoms with Gasteiger partial charge in [-0.1, -0.05) is 0 Å². The summed E-state index contributed by atoms with van der Waals surface area (Å²) in [6.45, 7) is -0.427. The first kappa shape index (κ1) is 20.9. The molecule has 2 amide bonds. The Labute approximate surface area is 158 Å². The molecule has 3 N–H and O–H groups in total. The van der Waals surface area contributed by atoms with Gasteiger partial charge < -0.3 is 25.3 Å². The molecule has 0 atom stereocenters. The summed E-state index contributed by atoms with van der Waals surface area (Å²) in [5, 5.41) is 2.48. The molecule has 0 heterocycles. The highest BCUT2D eigenvalue weighted by Gasteiger charge is 2.30. The third-order valence-electron chi connectivity index (χ3n) is 3.55. The van der Waals surface area contributed by atoms with E-state index in [9.17, 15) is 22.8 Å². The van der Waals surface area contributed by atoms with Crippen LogP contribution in [0.2, 0.25) is 0 Å². The predicted octanol–water partition coefficient (Wildman–Crippen LogP) is 2.84. The fraction of sp³-hybridized carbons (Fsp3) is 0.222. The minimum absolute atomic E-state index is 0.0786. The summed E-state index contributed by atoms with van der Waals surface area (Å²) < 4.78 is 53.4. The third-order valence-corrected chi connectivity index (χ3v) is 3.55. The Bertz CT molecular complexity index is 842. The fourth-order valence-corrected chi connectivity index (χ4v) is 2.24. The van der Waals surface area contributed by atoms with Gasteiger partial charge in [-0.05, 0) is 36.4 Å². The number of ether oxygens (including phenoxy) is 3. The van der Waals surface area contributed by atoms with E-state index in [2.05, 4.69) is 5.32 Å². The van der Waals surface area contributed by atoms with Crippen molar-refractivity contribution in [2.75, 3.05) is 26.1 Å². The molecule has 0 saturated carbocycles. The minimum atomic E-state index is -4.47. The Balaban J connectivity index is 2.26. The topological polar surface area (TPSA) is 99.9 Å². The molecular weight excluding hydrogens is 381 g/mol. The van der Waals surface area contributed by atoms with Crippen molar-refractivity contribution in [2.24, 2.45) is 5.73 Å². The monoisotopic (exact) mass is 398 g/mol. The van der Waals surface area contributed by atoms with Crippen LogP contribution in [0.3, 0.4) is 0 Å². The van der Waals surface area contributed by atoms with Gasteiger partial charge >= 0.3 is 6.18 Å². The third kappa shape index (κ3) is 5.06. The van der Waals surface area contributed by atoms with Crippen molar-refractivity contribution >= 4 is 17.5 Å². The van der Waals surface area contributed by atoms with Crippen molar-refractivity contribution in [3.63, 3.8) is 0 Å². The Morgan fingerprint density at radius 2 is 1.57 bits per heavy atom. The molecule has 0 fully saturated rings. The molecule has 10 heteroatoms. The Morgan fingerprint density at radius 3 is 2.00 bits per heavy atom. The first-order valence-electron chi connectivity index (χ1n) is 7.81. The molecule has 0 aliphatic rings. The van der Waals surface area contributed by atoms with Crippen LogP contribution in [0.5, 0.6) is 17.2 Å². The fourth-order valence-electron chi connectivity index (χ4n) is 2.24. The average Bonchev–Trinajstić information content (AvgIpc) is 2.65. The van der Waals surface area contributed by atoms with Gasteiger partial charge in [0.2, 0.25) is 5.75 Å². The molecule has 2 aromatic carbocycles. The van der Waals surface area contributed by atoms with Crippen LogP contribution in [0.4, 0.5) is 18.9 Å². The van der Waals surface area contributed by atoms with Crippen molar-refractivity contribution in [3.05, 3.63) is 47.5 Å². The lowest BCUT2D eigenvalue weighted by molar-refractivity contribution is -0.137. The van der Waals surface area contributed by atoms with Crippen LogP contribution in [0.1, 0.15) is 15.9 Å². The number of rotatable bonds is 7. The molecule has 2 aromatic rings. The van der Waals surface area contributed by atoms with E-state index >= 15 is 0 Å². The van der Waals surface area contributed by atoms with E-state index in [1.807, 2.05) is 0 Å². The molecule has 0 spiro atoms. The van der Waals surface area contributed by atoms with E-state index in [1.165, 1.54) is 26.4 Å². The van der Waals surface area contributed by atoms with Crippen LogP contribution < -0.4 is 25.3 Å². The van der Waals surface area contributed by atoms with Gasteiger partial charge in [0.25, 0.3) is 11.8 Å². The van der Waals surface area contributed by atoms with Gasteiger partial charge in [0.1, 0.15) is 0 Å². The van der Waals surface area contributed by atoms with E-state index in [0.29, 0.717) is 0 Å². The second-order valence-electron chi connectivity index (χ2n) is 5.49. The zero-order valence-electron chi connectivity index (χ0n) is 14.9. The largest absolute Gasteiger partial charge is 0.493 e. The summed E-state index contributed by atoms with van der Waals surface area (Å²) in [7, 11) is 2.65. The lowest BCUT2D eigenvalue weighted by Crippen LogP contribution is -2.20. The Kier molecular flexibility index (Phi) is 6.34. The maximum absolute atomic E-state index is 12.6. The van der Waals surface area contributed by atoms with Crippen LogP contribution in [-0.4, -0.2) is 32.6 Å². The predicted molar refractivity (Wildman–Crippen MR) is 93.6 cm³/mol. The summed E-state index contributed by atoms with van der Waals surface area (Å²) in [4.78, 5) is 23.4. The summed E-state index contributed by atoms with van der Waals surface area (Å²) in [5.74, 6) is -1.03. The number of alkyl halides is 3. The molecule has 0 aliphatic heterocycles. The number of hydrogen-bond acceptors (Lipinski definition) is 5. The molecule has 0 aromatic heterocycles. The van der Waals surface area contributed by atoms with Gasteiger partial charge in [-0.15, -0.1) is 0 Å². The lowest BCUT2D eigenvalue weighted by Gasteiger charge is -2.15. The second kappa shape index (κ2) is 8.51. The van der Waals surface area contributed by atoms with Gasteiger partial charge in [-0.2, -0.15) is 13.2 Å². The van der Waals surface area contributed by atoms with Crippen molar-refractivity contribution < 1.29 is 37.0 Å². The second-order valence-corrected chi connectivity index (χ2v) is 5.49. The number of primary amides is 1. The molecule has 150 valence electrons. The van der Waals surface area contributed by atoms with Crippen LogP contribution in [-0.2, 0) is 11.0 Å². The first-order valence-corrected chi connectivity index (χ1v) is 7.81. The zero-order chi connectivity index (χ0) is 20.9.